The molecule has 0 aromatic carbocycles. The maximum atomic E-state index is 11.9. The second-order valence-electron chi connectivity index (χ2n) is 3.06. The lowest BCUT2D eigenvalue weighted by Gasteiger charge is -2.16. The molecule has 92 valence electrons. The molecule has 0 aliphatic heterocycles. The van der Waals surface area contributed by atoms with Gasteiger partial charge in [-0.25, -0.2) is 0 Å². The summed E-state index contributed by atoms with van der Waals surface area (Å²) >= 11 is 0. The van der Waals surface area contributed by atoms with Crippen LogP contribution in [0.3, 0.4) is 0 Å². The number of hydrogen-bond acceptors (Lipinski definition) is 5. The highest BCUT2D eigenvalue weighted by Gasteiger charge is 2.22. The van der Waals surface area contributed by atoms with E-state index in [4.69, 9.17) is 14.8 Å². The summed E-state index contributed by atoms with van der Waals surface area (Å²) in [5.74, 6) is 0. The first-order valence-corrected chi connectivity index (χ1v) is 7.20. The van der Waals surface area contributed by atoms with Crippen LogP contribution < -0.4 is 11.1 Å². The van der Waals surface area contributed by atoms with Crippen molar-refractivity contribution in [2.24, 2.45) is 5.73 Å². The van der Waals surface area contributed by atoms with Gasteiger partial charge in [0.1, 0.15) is 0 Å². The predicted octanol–water partition coefficient (Wildman–Crippen LogP) is 1.19. The minimum atomic E-state index is -2.86. The molecule has 0 atom stereocenters. The van der Waals surface area contributed by atoms with Crippen molar-refractivity contribution in [2.75, 3.05) is 39.0 Å². The van der Waals surface area contributed by atoms with E-state index >= 15 is 0 Å². The molecule has 0 saturated carbocycles. The Kier molecular flexibility index (Phi) is 9.35. The van der Waals surface area contributed by atoms with E-state index in [0.717, 1.165) is 13.0 Å². The molecule has 15 heavy (non-hydrogen) atoms. The van der Waals surface area contributed by atoms with E-state index in [2.05, 4.69) is 5.32 Å². The summed E-state index contributed by atoms with van der Waals surface area (Å²) in [5, 5.41) is 3.15. The van der Waals surface area contributed by atoms with E-state index in [1.807, 2.05) is 13.8 Å². The zero-order chi connectivity index (χ0) is 11.6. The third-order valence-electron chi connectivity index (χ3n) is 1.77. The van der Waals surface area contributed by atoms with Gasteiger partial charge in [-0.2, -0.15) is 0 Å². The first-order valence-electron chi connectivity index (χ1n) is 5.47. The van der Waals surface area contributed by atoms with Crippen LogP contribution in [0.4, 0.5) is 0 Å². The lowest BCUT2D eigenvalue weighted by Crippen LogP contribution is -2.22. The van der Waals surface area contributed by atoms with Crippen molar-refractivity contribution in [1.29, 1.82) is 0 Å². The fourth-order valence-corrected chi connectivity index (χ4v) is 2.68. The number of nitrogens with two attached hydrogens (primary N) is 1. The van der Waals surface area contributed by atoms with Crippen molar-refractivity contribution in [3.8, 4) is 0 Å². The third kappa shape index (κ3) is 7.94. The van der Waals surface area contributed by atoms with E-state index < -0.39 is 7.60 Å². The monoisotopic (exact) mass is 238 g/mol. The molecule has 0 aromatic rings. The molecule has 0 aliphatic carbocycles. The van der Waals surface area contributed by atoms with Gasteiger partial charge in [0.2, 0.25) is 0 Å². The van der Waals surface area contributed by atoms with Crippen LogP contribution in [0.15, 0.2) is 0 Å². The van der Waals surface area contributed by atoms with E-state index in [-0.39, 0.29) is 0 Å². The predicted molar refractivity (Wildman–Crippen MR) is 62.3 cm³/mol. The Morgan fingerprint density at radius 1 is 1.20 bits per heavy atom. The van der Waals surface area contributed by atoms with Gasteiger partial charge in [-0.1, -0.05) is 0 Å². The summed E-state index contributed by atoms with van der Waals surface area (Å²) in [4.78, 5) is 0. The van der Waals surface area contributed by atoms with Crippen LogP contribution in [0.2, 0.25) is 0 Å². The van der Waals surface area contributed by atoms with E-state index in [1.54, 1.807) is 0 Å². The van der Waals surface area contributed by atoms with Crippen LogP contribution in [0.1, 0.15) is 20.3 Å². The SMILES string of the molecule is CCOP(=O)(CCNCCCN)OCC. The van der Waals surface area contributed by atoms with Crippen LogP contribution in [0.25, 0.3) is 0 Å². The van der Waals surface area contributed by atoms with Gasteiger partial charge in [0.05, 0.1) is 19.4 Å². The minimum absolute atomic E-state index is 0.416. The van der Waals surface area contributed by atoms with Crippen LogP contribution in [-0.2, 0) is 13.6 Å². The van der Waals surface area contributed by atoms with Crippen LogP contribution >= 0.6 is 7.60 Å². The van der Waals surface area contributed by atoms with Crippen molar-refractivity contribution in [2.45, 2.75) is 20.3 Å². The molecule has 0 rings (SSSR count). The highest BCUT2D eigenvalue weighted by atomic mass is 31.2. The summed E-state index contributed by atoms with van der Waals surface area (Å²) in [6, 6.07) is 0. The van der Waals surface area contributed by atoms with Gasteiger partial charge in [0.15, 0.2) is 0 Å². The first-order chi connectivity index (χ1) is 7.18. The molecule has 0 fully saturated rings. The lowest BCUT2D eigenvalue weighted by molar-refractivity contribution is 0.220. The fraction of sp³-hybridized carbons (Fsp3) is 1.00. The maximum Gasteiger partial charge on any atom is 0.331 e. The average molecular weight is 238 g/mol. The van der Waals surface area contributed by atoms with Crippen LogP contribution in [0.5, 0.6) is 0 Å². The average Bonchev–Trinajstić information content (AvgIpc) is 2.18. The van der Waals surface area contributed by atoms with Gasteiger partial charge in [0, 0.05) is 6.54 Å². The molecule has 0 saturated heterocycles. The molecule has 0 aromatic heterocycles. The van der Waals surface area contributed by atoms with Crippen LogP contribution in [0, 0.1) is 0 Å². The summed E-state index contributed by atoms with van der Waals surface area (Å²) < 4.78 is 22.2. The largest absolute Gasteiger partial charge is 0.331 e. The van der Waals surface area contributed by atoms with E-state index in [1.165, 1.54) is 0 Å². The Morgan fingerprint density at radius 3 is 2.27 bits per heavy atom. The highest BCUT2D eigenvalue weighted by molar-refractivity contribution is 7.53. The molecule has 0 bridgehead atoms. The molecular formula is C9H23N2O3P. The van der Waals surface area contributed by atoms with Gasteiger partial charge in [-0.15, -0.1) is 0 Å². The molecule has 0 spiro atoms. The quantitative estimate of drug-likeness (QED) is 0.442. The Morgan fingerprint density at radius 2 is 1.80 bits per heavy atom. The summed E-state index contributed by atoms with van der Waals surface area (Å²) in [6.45, 7) is 6.61. The molecule has 3 N–H and O–H groups in total. The molecule has 5 nitrogen and oxygen atoms in total. The molecule has 0 amide bonds. The van der Waals surface area contributed by atoms with Crippen molar-refractivity contribution < 1.29 is 13.6 Å². The molecule has 0 heterocycles. The van der Waals surface area contributed by atoms with Gasteiger partial charge >= 0.3 is 7.60 Å². The second-order valence-corrected chi connectivity index (χ2v) is 5.25. The standard InChI is InChI=1S/C9H23N2O3P/c1-3-13-15(12,14-4-2)9-8-11-7-5-6-10/h11H,3-10H2,1-2H3. The summed E-state index contributed by atoms with van der Waals surface area (Å²) in [5.41, 5.74) is 5.35. The van der Waals surface area contributed by atoms with Gasteiger partial charge in [0.25, 0.3) is 0 Å². The molecule has 6 heteroatoms. The number of rotatable bonds is 10. The normalized spacial score (nSPS) is 11.9. The fourth-order valence-electron chi connectivity index (χ4n) is 1.13. The van der Waals surface area contributed by atoms with Crippen molar-refractivity contribution >= 4 is 7.60 Å². The Labute approximate surface area is 92.2 Å². The van der Waals surface area contributed by atoms with Gasteiger partial charge < -0.3 is 20.1 Å². The van der Waals surface area contributed by atoms with E-state index in [0.29, 0.717) is 32.5 Å². The second kappa shape index (κ2) is 9.31. The smallest absolute Gasteiger partial charge is 0.330 e. The Balaban J connectivity index is 3.71. The lowest BCUT2D eigenvalue weighted by atomic mass is 10.4. The topological polar surface area (TPSA) is 73.6 Å². The number of hydrogen-bond donors (Lipinski definition) is 2. The van der Waals surface area contributed by atoms with Crippen molar-refractivity contribution in [3.05, 3.63) is 0 Å². The molecule has 0 unspecified atom stereocenters. The summed E-state index contributed by atoms with van der Waals surface area (Å²) in [7, 11) is -2.86. The molecule has 0 radical (unpaired) electrons. The Hall–Kier alpha value is 0.0700. The van der Waals surface area contributed by atoms with Gasteiger partial charge in [-0.05, 0) is 33.4 Å². The third-order valence-corrected chi connectivity index (χ3v) is 3.85. The molecule has 0 aliphatic rings. The van der Waals surface area contributed by atoms with Gasteiger partial charge in [-0.3, -0.25) is 4.57 Å². The first kappa shape index (κ1) is 15.1. The van der Waals surface area contributed by atoms with Crippen molar-refractivity contribution in [1.82, 2.24) is 5.32 Å². The molecular weight excluding hydrogens is 215 g/mol. The Bertz CT molecular complexity index is 180. The van der Waals surface area contributed by atoms with E-state index in [9.17, 15) is 4.57 Å². The zero-order valence-electron chi connectivity index (χ0n) is 9.70. The van der Waals surface area contributed by atoms with Crippen molar-refractivity contribution in [3.63, 3.8) is 0 Å². The highest BCUT2D eigenvalue weighted by Crippen LogP contribution is 2.47. The maximum absolute atomic E-state index is 11.9. The zero-order valence-corrected chi connectivity index (χ0v) is 10.6. The minimum Gasteiger partial charge on any atom is -0.330 e. The van der Waals surface area contributed by atoms with Crippen LogP contribution in [-0.4, -0.2) is 39.0 Å². The number of nitrogens with one attached hydrogen (secondary N) is 1. The summed E-state index contributed by atoms with van der Waals surface area (Å²) in [6.07, 6.45) is 1.34.